The van der Waals surface area contributed by atoms with Crippen LogP contribution < -0.4 is 19.1 Å². The van der Waals surface area contributed by atoms with Gasteiger partial charge in [-0.2, -0.15) is 0 Å². The second-order valence-electron chi connectivity index (χ2n) is 7.19. The number of halogens is 1. The van der Waals surface area contributed by atoms with Crippen LogP contribution in [0, 0.1) is 0 Å². The summed E-state index contributed by atoms with van der Waals surface area (Å²) in [6, 6.07) is 20.5. The van der Waals surface area contributed by atoms with Gasteiger partial charge in [-0.15, -0.1) is 0 Å². The van der Waals surface area contributed by atoms with E-state index in [1.807, 2.05) is 6.07 Å². The van der Waals surface area contributed by atoms with Gasteiger partial charge in [0.2, 0.25) is 10.0 Å². The van der Waals surface area contributed by atoms with Crippen LogP contribution in [0.2, 0.25) is 5.02 Å². The summed E-state index contributed by atoms with van der Waals surface area (Å²) in [5, 5.41) is 3.07. The Kier molecular flexibility index (Phi) is 6.25. The van der Waals surface area contributed by atoms with Gasteiger partial charge >= 0.3 is 0 Å². The highest BCUT2D eigenvalue weighted by atomic mass is 35.5. The highest BCUT2D eigenvalue weighted by Crippen LogP contribution is 2.36. The summed E-state index contributed by atoms with van der Waals surface area (Å²) in [7, 11) is -2.27. The number of hydrogen-bond donors (Lipinski definition) is 1. The monoisotopic (exact) mass is 472 g/mol. The minimum absolute atomic E-state index is 0.151. The zero-order valence-corrected chi connectivity index (χ0v) is 18.8. The van der Waals surface area contributed by atoms with Gasteiger partial charge in [-0.1, -0.05) is 54.1 Å². The van der Waals surface area contributed by atoms with Gasteiger partial charge in [0.05, 0.1) is 30.1 Å². The van der Waals surface area contributed by atoms with Crippen LogP contribution in [-0.2, 0) is 20.6 Å². The lowest BCUT2D eigenvalue weighted by Gasteiger charge is -2.34. The number of ether oxygens (including phenoxy) is 2. The number of nitrogens with one attached hydrogen (secondary N) is 1. The Balaban J connectivity index is 1.59. The van der Waals surface area contributed by atoms with E-state index >= 15 is 0 Å². The smallest absolute Gasteiger partial charge is 0.267 e. The number of rotatable bonds is 6. The summed E-state index contributed by atoms with van der Waals surface area (Å²) in [4.78, 5) is 12.9. The molecule has 1 aliphatic rings. The Labute approximate surface area is 191 Å². The van der Waals surface area contributed by atoms with Gasteiger partial charge in [0.1, 0.15) is 11.5 Å². The summed E-state index contributed by atoms with van der Waals surface area (Å²) < 4.78 is 38.7. The lowest BCUT2D eigenvalue weighted by molar-refractivity contribution is -0.122. The van der Waals surface area contributed by atoms with E-state index in [1.54, 1.807) is 66.7 Å². The van der Waals surface area contributed by atoms with Crippen LogP contribution in [0.4, 0.5) is 11.4 Å². The van der Waals surface area contributed by atoms with Crippen molar-refractivity contribution in [1.29, 1.82) is 0 Å². The number of fused-ring (bicyclic) bond motifs is 1. The average molecular weight is 473 g/mol. The van der Waals surface area contributed by atoms with Crippen LogP contribution in [-0.4, -0.2) is 34.1 Å². The molecular weight excluding hydrogens is 452 g/mol. The summed E-state index contributed by atoms with van der Waals surface area (Å²) >= 11 is 6.13. The number of carbonyl (C=O) groups is 1. The molecule has 0 saturated carbocycles. The van der Waals surface area contributed by atoms with Crippen molar-refractivity contribution in [3.05, 3.63) is 83.4 Å². The standard InChI is InChI=1S/C23H21ClN2O5S/c1-30-20-12-11-17(13-18(20)24)25-23(27)22-14-26(19-9-5-6-10-21(19)31-22)32(28,29)15-16-7-3-2-4-8-16/h2-13,22H,14-15H2,1H3,(H,25,27)/t22-/m0/s1. The van der Waals surface area contributed by atoms with Crippen LogP contribution in [0.5, 0.6) is 11.5 Å². The first-order chi connectivity index (χ1) is 15.4. The van der Waals surface area contributed by atoms with E-state index in [2.05, 4.69) is 5.32 Å². The van der Waals surface area contributed by atoms with Gasteiger partial charge in [0.25, 0.3) is 5.91 Å². The predicted octanol–water partition coefficient (Wildman–Crippen LogP) is 4.08. The van der Waals surface area contributed by atoms with Gasteiger partial charge in [-0.25, -0.2) is 8.42 Å². The van der Waals surface area contributed by atoms with E-state index < -0.39 is 22.0 Å². The Hall–Kier alpha value is -3.23. The molecule has 0 unspecified atom stereocenters. The fraction of sp³-hybridized carbons (Fsp3) is 0.174. The molecule has 4 rings (SSSR count). The molecule has 0 aromatic heterocycles. The minimum atomic E-state index is -3.77. The molecule has 0 aliphatic carbocycles. The highest BCUT2D eigenvalue weighted by molar-refractivity contribution is 7.92. The number of benzene rings is 3. The van der Waals surface area contributed by atoms with E-state index in [4.69, 9.17) is 21.1 Å². The number of anilines is 2. The van der Waals surface area contributed by atoms with Gasteiger partial charge in [0.15, 0.2) is 6.10 Å². The third-order valence-electron chi connectivity index (χ3n) is 4.97. The normalized spacial score (nSPS) is 15.4. The molecule has 9 heteroatoms. The first-order valence-corrected chi connectivity index (χ1v) is 11.8. The zero-order chi connectivity index (χ0) is 22.7. The third-order valence-corrected chi connectivity index (χ3v) is 6.99. The molecule has 32 heavy (non-hydrogen) atoms. The van der Waals surface area contributed by atoms with E-state index in [-0.39, 0.29) is 12.3 Å². The van der Waals surface area contributed by atoms with Crippen molar-refractivity contribution in [1.82, 2.24) is 0 Å². The molecule has 166 valence electrons. The van der Waals surface area contributed by atoms with Crippen molar-refractivity contribution in [3.8, 4) is 11.5 Å². The number of nitrogens with zero attached hydrogens (tertiary/aromatic N) is 1. The Morgan fingerprint density at radius 1 is 1.12 bits per heavy atom. The van der Waals surface area contributed by atoms with Crippen molar-refractivity contribution in [3.63, 3.8) is 0 Å². The molecule has 1 aliphatic heterocycles. The molecule has 7 nitrogen and oxygen atoms in total. The quantitative estimate of drug-likeness (QED) is 0.584. The van der Waals surface area contributed by atoms with Crippen molar-refractivity contribution in [2.45, 2.75) is 11.9 Å². The maximum Gasteiger partial charge on any atom is 0.267 e. The van der Waals surface area contributed by atoms with Crippen LogP contribution in [0.25, 0.3) is 0 Å². The van der Waals surface area contributed by atoms with Gasteiger partial charge in [0, 0.05) is 5.69 Å². The molecule has 3 aromatic carbocycles. The second kappa shape index (κ2) is 9.10. The number of para-hydroxylation sites is 2. The highest BCUT2D eigenvalue weighted by Gasteiger charge is 2.36. The summed E-state index contributed by atoms with van der Waals surface area (Å²) in [6.07, 6.45) is -1.05. The molecule has 0 spiro atoms. The summed E-state index contributed by atoms with van der Waals surface area (Å²) in [6.45, 7) is -0.151. The molecule has 0 bridgehead atoms. The molecule has 0 radical (unpaired) electrons. The molecule has 0 fully saturated rings. The first-order valence-electron chi connectivity index (χ1n) is 9.82. The minimum Gasteiger partial charge on any atom is -0.495 e. The summed E-state index contributed by atoms with van der Waals surface area (Å²) in [5.41, 5.74) is 1.51. The summed E-state index contributed by atoms with van der Waals surface area (Å²) in [5.74, 6) is 0.125. The molecule has 3 aromatic rings. The maximum atomic E-state index is 13.3. The Morgan fingerprint density at radius 2 is 1.84 bits per heavy atom. The van der Waals surface area contributed by atoms with Crippen LogP contribution in [0.3, 0.4) is 0 Å². The van der Waals surface area contributed by atoms with Crippen molar-refractivity contribution < 1.29 is 22.7 Å². The van der Waals surface area contributed by atoms with Crippen molar-refractivity contribution >= 4 is 38.9 Å². The van der Waals surface area contributed by atoms with Crippen LogP contribution >= 0.6 is 11.6 Å². The Morgan fingerprint density at radius 3 is 2.56 bits per heavy atom. The molecule has 1 amide bonds. The zero-order valence-electron chi connectivity index (χ0n) is 17.2. The largest absolute Gasteiger partial charge is 0.495 e. The van der Waals surface area contributed by atoms with E-state index in [9.17, 15) is 13.2 Å². The fourth-order valence-corrected chi connectivity index (χ4v) is 5.27. The number of sulfonamides is 1. The number of carbonyl (C=O) groups excluding carboxylic acids is 1. The molecule has 1 heterocycles. The predicted molar refractivity (Wildman–Crippen MR) is 124 cm³/mol. The second-order valence-corrected chi connectivity index (χ2v) is 9.49. The molecule has 0 saturated heterocycles. The molecular formula is C23H21ClN2O5S. The van der Waals surface area contributed by atoms with E-state index in [1.165, 1.54) is 11.4 Å². The number of methoxy groups -OCH3 is 1. The van der Waals surface area contributed by atoms with Crippen LogP contribution in [0.15, 0.2) is 72.8 Å². The number of hydrogen-bond acceptors (Lipinski definition) is 5. The number of amides is 1. The van der Waals surface area contributed by atoms with E-state index in [0.717, 1.165) is 0 Å². The third kappa shape index (κ3) is 4.66. The molecule has 1 N–H and O–H groups in total. The topological polar surface area (TPSA) is 84.9 Å². The SMILES string of the molecule is COc1ccc(NC(=O)[C@@H]2CN(S(=O)(=O)Cc3ccccc3)c3ccccc3O2)cc1Cl. The van der Waals surface area contributed by atoms with Gasteiger partial charge in [-0.3, -0.25) is 9.10 Å². The van der Waals surface area contributed by atoms with E-state index in [0.29, 0.717) is 33.5 Å². The lowest BCUT2D eigenvalue weighted by Crippen LogP contribution is -2.49. The van der Waals surface area contributed by atoms with Crippen LogP contribution in [0.1, 0.15) is 5.56 Å². The lowest BCUT2D eigenvalue weighted by atomic mass is 10.2. The Bertz CT molecular complexity index is 1230. The van der Waals surface area contributed by atoms with Gasteiger partial charge < -0.3 is 14.8 Å². The van der Waals surface area contributed by atoms with Gasteiger partial charge in [-0.05, 0) is 35.9 Å². The average Bonchev–Trinajstić information content (AvgIpc) is 2.79. The molecule has 1 atom stereocenters. The fourth-order valence-electron chi connectivity index (χ4n) is 3.43. The maximum absolute atomic E-state index is 13.3. The first kappa shape index (κ1) is 22.0. The van der Waals surface area contributed by atoms with Crippen molar-refractivity contribution in [2.24, 2.45) is 0 Å². The van der Waals surface area contributed by atoms with Crippen molar-refractivity contribution in [2.75, 3.05) is 23.3 Å².